The zero-order valence-electron chi connectivity index (χ0n) is 17.6. The summed E-state index contributed by atoms with van der Waals surface area (Å²) in [6.07, 6.45) is 7.80. The van der Waals surface area contributed by atoms with Gasteiger partial charge in [0, 0.05) is 16.7 Å². The Hall–Kier alpha value is -4.07. The lowest BCUT2D eigenvalue weighted by molar-refractivity contribution is -0.0493. The van der Waals surface area contributed by atoms with Gasteiger partial charge >= 0.3 is 6.61 Å². The van der Waals surface area contributed by atoms with Gasteiger partial charge in [-0.3, -0.25) is 4.79 Å². The number of aromatic nitrogens is 5. The first-order chi connectivity index (χ1) is 15.2. The van der Waals surface area contributed by atoms with Gasteiger partial charge < -0.3 is 15.4 Å². The predicted octanol–water partition coefficient (Wildman–Crippen LogP) is 2.07. The maximum Gasteiger partial charge on any atom is 0.387 e. The van der Waals surface area contributed by atoms with E-state index in [9.17, 15) is 13.6 Å². The second-order valence-electron chi connectivity index (χ2n) is 5.41. The topological polar surface area (TPSA) is 107 Å². The van der Waals surface area contributed by atoms with Crippen molar-refractivity contribution in [2.24, 2.45) is 0 Å². The summed E-state index contributed by atoms with van der Waals surface area (Å²) < 4.78 is 53.6. The number of alkyl halides is 2. The van der Waals surface area contributed by atoms with Gasteiger partial charge in [0.05, 0.1) is 17.6 Å². The van der Waals surface area contributed by atoms with Crippen LogP contribution in [-0.2, 0) is 6.54 Å². The van der Waals surface area contributed by atoms with Crippen molar-refractivity contribution in [1.29, 1.82) is 0 Å². The van der Waals surface area contributed by atoms with Crippen LogP contribution in [0, 0.1) is 12.3 Å². The lowest BCUT2D eigenvalue weighted by atomic mass is 10.1. The first-order valence-corrected chi connectivity index (χ1v) is 7.99. The van der Waals surface area contributed by atoms with Crippen LogP contribution < -0.4 is 15.4 Å². The summed E-state index contributed by atoms with van der Waals surface area (Å²) in [6.45, 7) is -5.79. The van der Waals surface area contributed by atoms with E-state index in [1.807, 2.05) is 0 Å². The van der Waals surface area contributed by atoms with Crippen molar-refractivity contribution in [2.45, 2.75) is 13.2 Å². The number of hydrogen-bond donors (Lipinski definition) is 2. The molecule has 0 aliphatic rings. The lowest BCUT2D eigenvalue weighted by Crippen LogP contribution is -2.21. The Balaban J connectivity index is 1.98. The number of hydrogen-bond acceptors (Lipinski definition) is 7. The Bertz CT molecular complexity index is 1160. The van der Waals surface area contributed by atoms with Crippen molar-refractivity contribution >= 4 is 17.3 Å². The predicted molar refractivity (Wildman–Crippen MR) is 99.6 cm³/mol. The fourth-order valence-electron chi connectivity index (χ4n) is 2.45. The second kappa shape index (κ2) is 8.75. The molecule has 3 rings (SSSR count). The van der Waals surface area contributed by atoms with E-state index in [0.717, 1.165) is 0 Å². The van der Waals surface area contributed by atoms with Crippen LogP contribution in [0.4, 0.5) is 20.2 Å². The van der Waals surface area contributed by atoms with Crippen molar-refractivity contribution in [3.63, 3.8) is 0 Å². The average molecular weight is 402 g/mol. The molecule has 0 radical (unpaired) electrons. The molecule has 9 nitrogen and oxygen atoms in total. The van der Waals surface area contributed by atoms with Crippen LogP contribution in [0.25, 0.3) is 11.4 Å². The van der Waals surface area contributed by atoms with Gasteiger partial charge in [-0.25, -0.2) is 9.67 Å². The molecule has 1 aromatic carbocycles. The summed E-state index contributed by atoms with van der Waals surface area (Å²) in [5.74, 6) is 1.44. The molecule has 3 aromatic rings. The van der Waals surface area contributed by atoms with Gasteiger partial charge in [-0.1, -0.05) is 5.92 Å². The molecule has 1 amide bonds. The minimum absolute atomic E-state index is 0.0177. The highest BCUT2D eigenvalue weighted by Gasteiger charge is 2.17. The third-order valence-corrected chi connectivity index (χ3v) is 3.63. The molecule has 0 spiro atoms. The van der Waals surface area contributed by atoms with Crippen LogP contribution in [0.5, 0.6) is 5.75 Å². The Morgan fingerprint density at radius 1 is 1.41 bits per heavy atom. The number of nitrogens with zero attached hydrogens (tertiary/aromatic N) is 5. The van der Waals surface area contributed by atoms with Crippen molar-refractivity contribution in [3.8, 4) is 29.5 Å². The van der Waals surface area contributed by atoms with Gasteiger partial charge in [-0.05, 0) is 24.3 Å². The number of carbonyl (C=O) groups is 1. The van der Waals surface area contributed by atoms with Crippen LogP contribution in [0.3, 0.4) is 0 Å². The largest absolute Gasteiger partial charge is 0.433 e. The Labute approximate surface area is 168 Å². The van der Waals surface area contributed by atoms with E-state index < -0.39 is 19.5 Å². The summed E-state index contributed by atoms with van der Waals surface area (Å²) in [5, 5.41) is 15.7. The highest BCUT2D eigenvalue weighted by Crippen LogP contribution is 2.33. The van der Waals surface area contributed by atoms with Gasteiger partial charge in [0.2, 0.25) is 0 Å². The summed E-state index contributed by atoms with van der Waals surface area (Å²) >= 11 is 0. The van der Waals surface area contributed by atoms with Crippen molar-refractivity contribution < 1.29 is 22.4 Å². The second-order valence-corrected chi connectivity index (χ2v) is 5.41. The number of nitrogens with one attached hydrogen (secondary N) is 2. The molecule has 11 heteroatoms. The summed E-state index contributed by atoms with van der Waals surface area (Å²) in [5.41, 5.74) is 0.105. The van der Waals surface area contributed by atoms with E-state index in [0.29, 0.717) is 11.4 Å². The summed E-state index contributed by atoms with van der Waals surface area (Å²) in [7, 11) is 0. The zero-order valence-corrected chi connectivity index (χ0v) is 14.6. The van der Waals surface area contributed by atoms with Gasteiger partial charge in [0.15, 0.2) is 11.5 Å². The molecule has 0 saturated carbocycles. The van der Waals surface area contributed by atoms with E-state index in [2.05, 4.69) is 36.3 Å². The normalized spacial score (nSPS) is 12.4. The van der Waals surface area contributed by atoms with Gasteiger partial charge in [0.25, 0.3) is 5.91 Å². The smallest absolute Gasteiger partial charge is 0.387 e. The van der Waals surface area contributed by atoms with E-state index in [4.69, 9.17) is 10.5 Å². The zero-order chi connectivity index (χ0) is 23.3. The number of carbonyl (C=O) groups excluding carboxylic acids is 1. The first-order valence-electron chi connectivity index (χ1n) is 9.49. The van der Waals surface area contributed by atoms with Crippen molar-refractivity contribution in [1.82, 2.24) is 30.3 Å². The fraction of sp³-hybridized carbons (Fsp3) is 0.167. The lowest BCUT2D eigenvalue weighted by Gasteiger charge is -2.15. The SMILES string of the molecule is [2H]C([2H])([2H])NC(=O)c1nnccc1Nc1ccc(-c2ncnn2CC#C)cc1OC(F)F. The van der Waals surface area contributed by atoms with E-state index >= 15 is 0 Å². The van der Waals surface area contributed by atoms with Crippen molar-refractivity contribution in [2.75, 3.05) is 12.3 Å². The number of anilines is 2. The minimum Gasteiger partial charge on any atom is -0.433 e. The van der Waals surface area contributed by atoms with Crippen LogP contribution in [0.1, 0.15) is 14.6 Å². The molecule has 0 atom stereocenters. The monoisotopic (exact) mass is 402 g/mol. The quantitative estimate of drug-likeness (QED) is 0.583. The summed E-state index contributed by atoms with van der Waals surface area (Å²) in [6, 6.07) is 5.58. The Morgan fingerprint density at radius 3 is 3.03 bits per heavy atom. The maximum atomic E-state index is 13.0. The maximum absolute atomic E-state index is 13.0. The van der Waals surface area contributed by atoms with Gasteiger partial charge in [-0.2, -0.15) is 19.0 Å². The van der Waals surface area contributed by atoms with Crippen molar-refractivity contribution in [3.05, 3.63) is 42.5 Å². The number of halogens is 2. The third-order valence-electron chi connectivity index (χ3n) is 3.63. The number of ether oxygens (including phenoxy) is 1. The molecule has 0 saturated heterocycles. The Kier molecular flexibility index (Phi) is 4.81. The summed E-state index contributed by atoms with van der Waals surface area (Å²) in [4.78, 5) is 16.3. The highest BCUT2D eigenvalue weighted by atomic mass is 19.3. The fourth-order valence-corrected chi connectivity index (χ4v) is 2.45. The molecule has 0 fully saturated rings. The van der Waals surface area contributed by atoms with Crippen LogP contribution >= 0.6 is 0 Å². The highest BCUT2D eigenvalue weighted by molar-refractivity contribution is 5.98. The molecule has 148 valence electrons. The molecule has 2 N–H and O–H groups in total. The number of terminal acetylenes is 1. The number of amides is 1. The molecule has 29 heavy (non-hydrogen) atoms. The molecule has 0 aliphatic heterocycles. The molecule has 2 aromatic heterocycles. The first kappa shape index (κ1) is 15.9. The van der Waals surface area contributed by atoms with Crippen LogP contribution in [0.2, 0.25) is 0 Å². The van der Waals surface area contributed by atoms with Gasteiger partial charge in [-0.15, -0.1) is 11.5 Å². The number of benzene rings is 1. The number of rotatable bonds is 7. The standard InChI is InChI=1S/C18H15F2N7O2/c1-3-8-27-16(22-10-24-27)11-4-5-12(14(9-11)29-18(19)20)25-13-6-7-23-26-15(13)17(28)21-2/h1,4-7,9-10,18H,8H2,2H3,(H,21,28)(H,23,25)/i2D3. The average Bonchev–Trinajstić information content (AvgIpc) is 3.16. The van der Waals surface area contributed by atoms with Crippen LogP contribution in [-0.4, -0.2) is 44.5 Å². The molecule has 0 bridgehead atoms. The molecule has 0 aliphatic carbocycles. The van der Waals surface area contributed by atoms with E-state index in [1.165, 1.54) is 35.4 Å². The molecule has 2 heterocycles. The molecular formula is C18H15F2N7O2. The molecule has 0 unspecified atom stereocenters. The molecular weight excluding hydrogens is 384 g/mol. The van der Waals surface area contributed by atoms with Gasteiger partial charge in [0.1, 0.15) is 18.6 Å². The minimum atomic E-state index is -3.15. The Morgan fingerprint density at radius 2 is 2.28 bits per heavy atom. The van der Waals surface area contributed by atoms with E-state index in [-0.39, 0.29) is 29.4 Å². The van der Waals surface area contributed by atoms with E-state index in [1.54, 1.807) is 11.4 Å². The van der Waals surface area contributed by atoms with Crippen LogP contribution in [0.15, 0.2) is 36.8 Å². The third kappa shape index (κ3) is 4.44.